The predicted octanol–water partition coefficient (Wildman–Crippen LogP) is 3.07. The molecule has 0 fully saturated rings. The van der Waals surface area contributed by atoms with Gasteiger partial charge in [0.05, 0.1) is 12.4 Å². The molecule has 2 heterocycles. The van der Waals surface area contributed by atoms with Gasteiger partial charge in [0.25, 0.3) is 0 Å². The normalized spacial score (nSPS) is 10.5. The zero-order chi connectivity index (χ0) is 13.7. The summed E-state index contributed by atoms with van der Waals surface area (Å²) in [7, 11) is 0. The molecule has 102 valence electrons. The minimum absolute atomic E-state index is 0.474. The van der Waals surface area contributed by atoms with Crippen molar-refractivity contribution in [3.05, 3.63) is 23.2 Å². The third kappa shape index (κ3) is 3.44. The van der Waals surface area contributed by atoms with Crippen molar-refractivity contribution in [3.8, 4) is 11.6 Å². The van der Waals surface area contributed by atoms with Crippen molar-refractivity contribution in [2.24, 2.45) is 0 Å². The molecule has 2 aromatic rings. The highest BCUT2D eigenvalue weighted by atomic mass is 79.9. The second-order valence-electron chi connectivity index (χ2n) is 3.91. The predicted molar refractivity (Wildman–Crippen MR) is 76.5 cm³/mol. The van der Waals surface area contributed by atoms with E-state index in [1.807, 2.05) is 17.8 Å². The molecular formula is C12H16BrN5O. The van der Waals surface area contributed by atoms with E-state index in [9.17, 15) is 0 Å². The largest absolute Gasteiger partial charge is 0.434 e. The van der Waals surface area contributed by atoms with E-state index >= 15 is 0 Å². The first kappa shape index (κ1) is 13.8. The van der Waals surface area contributed by atoms with Crippen LogP contribution in [0.15, 0.2) is 23.2 Å². The zero-order valence-electron chi connectivity index (χ0n) is 10.9. The first-order chi connectivity index (χ1) is 9.24. The third-order valence-corrected chi connectivity index (χ3v) is 3.09. The van der Waals surface area contributed by atoms with E-state index in [2.05, 4.69) is 43.2 Å². The standard InChI is InChI=1S/C12H16BrN5O/c1-3-5-18-7-9(6-17-18)19-12-10(13)11(14-4-2)15-8-16-12/h6-8H,3-5H2,1-2H3,(H,14,15,16). The molecule has 19 heavy (non-hydrogen) atoms. The number of anilines is 1. The fourth-order valence-electron chi connectivity index (χ4n) is 1.58. The number of aromatic nitrogens is 4. The van der Waals surface area contributed by atoms with Crippen LogP contribution in [0.5, 0.6) is 11.6 Å². The third-order valence-electron chi connectivity index (χ3n) is 2.38. The van der Waals surface area contributed by atoms with Crippen molar-refractivity contribution in [2.45, 2.75) is 26.8 Å². The molecule has 2 rings (SSSR count). The molecule has 0 spiro atoms. The van der Waals surface area contributed by atoms with Crippen molar-refractivity contribution in [1.29, 1.82) is 0 Å². The maximum Gasteiger partial charge on any atom is 0.239 e. The fraction of sp³-hybridized carbons (Fsp3) is 0.417. The average molecular weight is 326 g/mol. The van der Waals surface area contributed by atoms with Gasteiger partial charge in [-0.05, 0) is 29.3 Å². The van der Waals surface area contributed by atoms with E-state index < -0.39 is 0 Å². The van der Waals surface area contributed by atoms with Crippen molar-refractivity contribution in [2.75, 3.05) is 11.9 Å². The van der Waals surface area contributed by atoms with Crippen LogP contribution in [0.25, 0.3) is 0 Å². The summed E-state index contributed by atoms with van der Waals surface area (Å²) in [6, 6.07) is 0. The maximum absolute atomic E-state index is 5.70. The number of aryl methyl sites for hydroxylation is 1. The van der Waals surface area contributed by atoms with E-state index in [0.29, 0.717) is 21.9 Å². The molecule has 0 atom stereocenters. The second-order valence-corrected chi connectivity index (χ2v) is 4.71. The van der Waals surface area contributed by atoms with Gasteiger partial charge in [0, 0.05) is 13.1 Å². The Bertz CT molecular complexity index is 543. The van der Waals surface area contributed by atoms with Crippen molar-refractivity contribution in [3.63, 3.8) is 0 Å². The minimum Gasteiger partial charge on any atom is -0.434 e. The molecule has 0 saturated heterocycles. The van der Waals surface area contributed by atoms with E-state index in [-0.39, 0.29) is 0 Å². The average Bonchev–Trinajstić information content (AvgIpc) is 2.83. The molecule has 0 radical (unpaired) electrons. The van der Waals surface area contributed by atoms with Crippen molar-refractivity contribution >= 4 is 21.7 Å². The van der Waals surface area contributed by atoms with Crippen LogP contribution in [-0.4, -0.2) is 26.3 Å². The second kappa shape index (κ2) is 6.51. The topological polar surface area (TPSA) is 64.9 Å². The Morgan fingerprint density at radius 2 is 2.21 bits per heavy atom. The highest BCUT2D eigenvalue weighted by Crippen LogP contribution is 2.31. The molecule has 0 aromatic carbocycles. The Balaban J connectivity index is 2.15. The van der Waals surface area contributed by atoms with Crippen LogP contribution >= 0.6 is 15.9 Å². The summed E-state index contributed by atoms with van der Waals surface area (Å²) in [6.07, 6.45) is 6.03. The van der Waals surface area contributed by atoms with Crippen LogP contribution in [0.3, 0.4) is 0 Å². The van der Waals surface area contributed by atoms with E-state index in [0.717, 1.165) is 19.5 Å². The van der Waals surface area contributed by atoms with Crippen LogP contribution in [0.4, 0.5) is 5.82 Å². The van der Waals surface area contributed by atoms with Crippen LogP contribution in [0, 0.1) is 0 Å². The monoisotopic (exact) mass is 325 g/mol. The Morgan fingerprint density at radius 3 is 2.95 bits per heavy atom. The fourth-order valence-corrected chi connectivity index (χ4v) is 2.00. The molecule has 1 N–H and O–H groups in total. The lowest BCUT2D eigenvalue weighted by molar-refractivity contribution is 0.457. The number of rotatable bonds is 6. The van der Waals surface area contributed by atoms with Crippen molar-refractivity contribution < 1.29 is 4.74 Å². The zero-order valence-corrected chi connectivity index (χ0v) is 12.5. The molecule has 6 nitrogen and oxygen atoms in total. The Kier molecular flexibility index (Phi) is 4.73. The molecule has 0 aliphatic rings. The van der Waals surface area contributed by atoms with Gasteiger partial charge in [-0.3, -0.25) is 4.68 Å². The summed E-state index contributed by atoms with van der Waals surface area (Å²) in [5.74, 6) is 1.85. The van der Waals surface area contributed by atoms with E-state index in [1.165, 1.54) is 6.33 Å². The Labute approximate surface area is 120 Å². The summed E-state index contributed by atoms with van der Waals surface area (Å²) in [4.78, 5) is 8.25. The number of nitrogens with zero attached hydrogens (tertiary/aromatic N) is 4. The van der Waals surface area contributed by atoms with Gasteiger partial charge in [-0.15, -0.1) is 0 Å². The Hall–Kier alpha value is -1.63. The van der Waals surface area contributed by atoms with Gasteiger partial charge in [0.15, 0.2) is 5.75 Å². The highest BCUT2D eigenvalue weighted by Gasteiger charge is 2.11. The van der Waals surface area contributed by atoms with E-state index in [1.54, 1.807) is 6.20 Å². The summed E-state index contributed by atoms with van der Waals surface area (Å²) in [5.41, 5.74) is 0. The lowest BCUT2D eigenvalue weighted by Crippen LogP contribution is -2.02. The van der Waals surface area contributed by atoms with Gasteiger partial charge < -0.3 is 10.1 Å². The molecular weight excluding hydrogens is 310 g/mol. The number of ether oxygens (including phenoxy) is 1. The van der Waals surface area contributed by atoms with Crippen LogP contribution < -0.4 is 10.1 Å². The van der Waals surface area contributed by atoms with E-state index in [4.69, 9.17) is 4.74 Å². The van der Waals surface area contributed by atoms with Crippen molar-refractivity contribution in [1.82, 2.24) is 19.7 Å². The van der Waals surface area contributed by atoms with Crippen LogP contribution in [-0.2, 0) is 6.54 Å². The maximum atomic E-state index is 5.70. The SMILES string of the molecule is CCCn1cc(Oc2ncnc(NCC)c2Br)cn1. The highest BCUT2D eigenvalue weighted by molar-refractivity contribution is 9.10. The first-order valence-corrected chi connectivity index (χ1v) is 6.98. The molecule has 0 bridgehead atoms. The van der Waals surface area contributed by atoms with Crippen LogP contribution in [0.2, 0.25) is 0 Å². The molecule has 0 saturated carbocycles. The quantitative estimate of drug-likeness (QED) is 0.884. The van der Waals surface area contributed by atoms with Gasteiger partial charge in [0.2, 0.25) is 5.88 Å². The summed E-state index contributed by atoms with van der Waals surface area (Å²) in [6.45, 7) is 5.76. The lowest BCUT2D eigenvalue weighted by atomic mass is 10.5. The van der Waals surface area contributed by atoms with Crippen LogP contribution in [0.1, 0.15) is 20.3 Å². The molecule has 0 amide bonds. The summed E-state index contributed by atoms with van der Waals surface area (Å²) < 4.78 is 8.25. The van der Waals surface area contributed by atoms with Gasteiger partial charge in [-0.1, -0.05) is 6.92 Å². The van der Waals surface area contributed by atoms with Gasteiger partial charge in [-0.25, -0.2) is 9.97 Å². The minimum atomic E-state index is 0.474. The number of hydrogen-bond donors (Lipinski definition) is 1. The molecule has 0 unspecified atom stereocenters. The molecule has 0 aliphatic heterocycles. The number of hydrogen-bond acceptors (Lipinski definition) is 5. The Morgan fingerprint density at radius 1 is 1.37 bits per heavy atom. The molecule has 7 heteroatoms. The van der Waals surface area contributed by atoms with Gasteiger partial charge in [0.1, 0.15) is 16.6 Å². The number of halogens is 1. The number of nitrogens with one attached hydrogen (secondary N) is 1. The molecule has 0 aliphatic carbocycles. The van der Waals surface area contributed by atoms with Gasteiger partial charge >= 0.3 is 0 Å². The smallest absolute Gasteiger partial charge is 0.239 e. The lowest BCUT2D eigenvalue weighted by Gasteiger charge is -2.08. The summed E-state index contributed by atoms with van der Waals surface area (Å²) >= 11 is 3.44. The first-order valence-electron chi connectivity index (χ1n) is 6.19. The van der Waals surface area contributed by atoms with Gasteiger partial charge in [-0.2, -0.15) is 5.10 Å². The summed E-state index contributed by atoms with van der Waals surface area (Å²) in [5, 5.41) is 7.34. The molecule has 2 aromatic heterocycles.